The Kier molecular flexibility index (Phi) is 4.82. The smallest absolute Gasteiger partial charge is 0.336 e. The highest BCUT2D eigenvalue weighted by molar-refractivity contribution is 9.10. The molecule has 27 heavy (non-hydrogen) atoms. The maximum Gasteiger partial charge on any atom is 0.336 e. The highest BCUT2D eigenvalue weighted by Crippen LogP contribution is 2.33. The first-order chi connectivity index (χ1) is 13.1. The summed E-state index contributed by atoms with van der Waals surface area (Å²) >= 11 is 3.43. The van der Waals surface area contributed by atoms with Gasteiger partial charge in [0.25, 0.3) is 0 Å². The van der Waals surface area contributed by atoms with E-state index in [4.69, 9.17) is 9.15 Å². The molecule has 0 unspecified atom stereocenters. The number of hydrogen-bond acceptors (Lipinski definition) is 3. The zero-order chi connectivity index (χ0) is 18.8. The van der Waals surface area contributed by atoms with Crippen molar-refractivity contribution in [2.24, 2.45) is 0 Å². The molecule has 4 aromatic rings. The molecule has 0 N–H and O–H groups in total. The van der Waals surface area contributed by atoms with Crippen LogP contribution in [0.15, 0.2) is 86.5 Å². The molecule has 134 valence electrons. The molecule has 0 bridgehead atoms. The number of fused-ring (bicyclic) bond motifs is 1. The van der Waals surface area contributed by atoms with E-state index in [1.807, 2.05) is 73.7 Å². The molecule has 0 atom stereocenters. The van der Waals surface area contributed by atoms with Crippen LogP contribution in [0.1, 0.15) is 11.1 Å². The van der Waals surface area contributed by atoms with Crippen molar-refractivity contribution in [1.82, 2.24) is 0 Å². The van der Waals surface area contributed by atoms with E-state index in [1.54, 1.807) is 6.07 Å². The second kappa shape index (κ2) is 7.41. The Morgan fingerprint density at radius 1 is 0.963 bits per heavy atom. The Hall–Kier alpha value is -2.85. The van der Waals surface area contributed by atoms with E-state index in [0.29, 0.717) is 17.9 Å². The van der Waals surface area contributed by atoms with Gasteiger partial charge in [-0.05, 0) is 47.9 Å². The summed E-state index contributed by atoms with van der Waals surface area (Å²) in [7, 11) is 0. The molecule has 0 spiro atoms. The molecule has 0 saturated heterocycles. The zero-order valence-corrected chi connectivity index (χ0v) is 16.3. The maximum absolute atomic E-state index is 12.1. The fourth-order valence-corrected chi connectivity index (χ4v) is 3.36. The summed E-state index contributed by atoms with van der Waals surface area (Å²) in [5, 5.41) is 0.897. The molecule has 0 fully saturated rings. The van der Waals surface area contributed by atoms with Crippen LogP contribution in [0.25, 0.3) is 22.1 Å². The molecule has 0 aliphatic rings. The van der Waals surface area contributed by atoms with Crippen LogP contribution in [0.3, 0.4) is 0 Å². The molecule has 1 aromatic heterocycles. The Morgan fingerprint density at radius 3 is 2.44 bits per heavy atom. The van der Waals surface area contributed by atoms with E-state index < -0.39 is 0 Å². The predicted molar refractivity (Wildman–Crippen MR) is 111 cm³/mol. The molecule has 0 saturated carbocycles. The van der Waals surface area contributed by atoms with E-state index >= 15 is 0 Å². The van der Waals surface area contributed by atoms with Gasteiger partial charge in [0.1, 0.15) is 17.9 Å². The predicted octanol–water partition coefficient (Wildman–Crippen LogP) is 6.11. The molecule has 0 amide bonds. The number of halogens is 1. The summed E-state index contributed by atoms with van der Waals surface area (Å²) in [4.78, 5) is 12.1. The van der Waals surface area contributed by atoms with Gasteiger partial charge < -0.3 is 9.15 Å². The Balaban J connectivity index is 1.73. The fourth-order valence-electron chi connectivity index (χ4n) is 3.10. The van der Waals surface area contributed by atoms with Crippen molar-refractivity contribution >= 4 is 26.9 Å². The van der Waals surface area contributed by atoms with Crippen molar-refractivity contribution in [3.05, 3.63) is 98.8 Å². The van der Waals surface area contributed by atoms with E-state index in [2.05, 4.69) is 15.9 Å². The number of ether oxygens (including phenoxy) is 1. The van der Waals surface area contributed by atoms with Crippen LogP contribution in [0.2, 0.25) is 0 Å². The van der Waals surface area contributed by atoms with Crippen molar-refractivity contribution in [2.45, 2.75) is 13.5 Å². The molecule has 4 heteroatoms. The van der Waals surface area contributed by atoms with E-state index in [-0.39, 0.29) is 5.63 Å². The Morgan fingerprint density at radius 2 is 1.70 bits per heavy atom. The van der Waals surface area contributed by atoms with Crippen LogP contribution in [-0.2, 0) is 6.61 Å². The van der Waals surface area contributed by atoms with Crippen LogP contribution in [-0.4, -0.2) is 0 Å². The average molecular weight is 421 g/mol. The van der Waals surface area contributed by atoms with E-state index in [0.717, 1.165) is 32.1 Å². The minimum Gasteiger partial charge on any atom is -0.488 e. The highest BCUT2D eigenvalue weighted by Gasteiger charge is 2.13. The van der Waals surface area contributed by atoms with Gasteiger partial charge in [-0.1, -0.05) is 58.4 Å². The van der Waals surface area contributed by atoms with E-state index in [9.17, 15) is 4.79 Å². The summed E-state index contributed by atoms with van der Waals surface area (Å²) in [6.07, 6.45) is 0. The first kappa shape index (κ1) is 17.6. The van der Waals surface area contributed by atoms with Crippen LogP contribution >= 0.6 is 15.9 Å². The molecule has 4 rings (SSSR count). The molecular weight excluding hydrogens is 404 g/mol. The van der Waals surface area contributed by atoms with Crippen molar-refractivity contribution < 1.29 is 9.15 Å². The van der Waals surface area contributed by atoms with Crippen molar-refractivity contribution in [2.75, 3.05) is 0 Å². The topological polar surface area (TPSA) is 39.4 Å². The summed E-state index contributed by atoms with van der Waals surface area (Å²) in [5.41, 5.74) is 3.93. The van der Waals surface area contributed by atoms with Gasteiger partial charge in [0.15, 0.2) is 0 Å². The standard InChI is InChI=1S/C23H17BrO3/c1-15-21(26-14-16-7-9-18(24)10-8-16)12-11-19-20(13-22(25)27-23(15)19)17-5-3-2-4-6-17/h2-13H,14H2,1H3. The molecule has 0 radical (unpaired) electrons. The summed E-state index contributed by atoms with van der Waals surface area (Å²) in [6, 6.07) is 23.2. The first-order valence-corrected chi connectivity index (χ1v) is 9.41. The van der Waals surface area contributed by atoms with E-state index in [1.165, 1.54) is 0 Å². The van der Waals surface area contributed by atoms with Crippen molar-refractivity contribution in [3.8, 4) is 16.9 Å². The monoisotopic (exact) mass is 420 g/mol. The van der Waals surface area contributed by atoms with Crippen LogP contribution in [0, 0.1) is 6.92 Å². The molecule has 1 heterocycles. The summed E-state index contributed by atoms with van der Waals surface area (Å²) in [6.45, 7) is 2.36. The first-order valence-electron chi connectivity index (χ1n) is 8.62. The quantitative estimate of drug-likeness (QED) is 0.373. The minimum atomic E-state index is -0.366. The zero-order valence-electron chi connectivity index (χ0n) is 14.7. The fraction of sp³-hybridized carbons (Fsp3) is 0.0870. The molecular formula is C23H17BrO3. The molecule has 3 nitrogen and oxygen atoms in total. The van der Waals surface area contributed by atoms with Gasteiger partial charge in [0, 0.05) is 21.5 Å². The largest absolute Gasteiger partial charge is 0.488 e. The lowest BCUT2D eigenvalue weighted by atomic mass is 10.0. The minimum absolute atomic E-state index is 0.366. The third kappa shape index (κ3) is 3.67. The number of benzene rings is 3. The van der Waals surface area contributed by atoms with Crippen LogP contribution < -0.4 is 10.4 Å². The lowest BCUT2D eigenvalue weighted by molar-refractivity contribution is 0.304. The van der Waals surface area contributed by atoms with Crippen molar-refractivity contribution in [1.29, 1.82) is 0 Å². The van der Waals surface area contributed by atoms with Gasteiger partial charge in [-0.3, -0.25) is 0 Å². The van der Waals surface area contributed by atoms with Crippen molar-refractivity contribution in [3.63, 3.8) is 0 Å². The summed E-state index contributed by atoms with van der Waals surface area (Å²) in [5.74, 6) is 0.707. The van der Waals surface area contributed by atoms with Crippen LogP contribution in [0.4, 0.5) is 0 Å². The number of rotatable bonds is 4. The summed E-state index contributed by atoms with van der Waals surface area (Å²) < 4.78 is 12.5. The van der Waals surface area contributed by atoms with Gasteiger partial charge in [-0.25, -0.2) is 4.79 Å². The molecule has 0 aliphatic carbocycles. The second-order valence-corrected chi connectivity index (χ2v) is 7.24. The second-order valence-electron chi connectivity index (χ2n) is 6.33. The Labute approximate surface area is 165 Å². The molecule has 0 aliphatic heterocycles. The normalized spacial score (nSPS) is 10.9. The lowest BCUT2D eigenvalue weighted by Crippen LogP contribution is -2.01. The van der Waals surface area contributed by atoms with Gasteiger partial charge >= 0.3 is 5.63 Å². The lowest BCUT2D eigenvalue weighted by Gasteiger charge is -2.12. The highest BCUT2D eigenvalue weighted by atomic mass is 79.9. The van der Waals surface area contributed by atoms with Gasteiger partial charge in [-0.15, -0.1) is 0 Å². The van der Waals surface area contributed by atoms with Gasteiger partial charge in [0.2, 0.25) is 0 Å². The number of aryl methyl sites for hydroxylation is 1. The van der Waals surface area contributed by atoms with Gasteiger partial charge in [-0.2, -0.15) is 0 Å². The third-order valence-electron chi connectivity index (χ3n) is 4.50. The number of hydrogen-bond donors (Lipinski definition) is 0. The maximum atomic E-state index is 12.1. The van der Waals surface area contributed by atoms with Crippen LogP contribution in [0.5, 0.6) is 5.75 Å². The Bertz CT molecular complexity index is 1150. The molecule has 3 aromatic carbocycles. The average Bonchev–Trinajstić information content (AvgIpc) is 2.69. The SMILES string of the molecule is Cc1c(OCc2ccc(Br)cc2)ccc2c(-c3ccccc3)cc(=O)oc12. The third-order valence-corrected chi connectivity index (χ3v) is 5.03. The van der Waals surface area contributed by atoms with Gasteiger partial charge in [0.05, 0.1) is 0 Å².